The highest BCUT2D eigenvalue weighted by atomic mass is 79.9. The number of ether oxygens (including phenoxy) is 2. The van der Waals surface area contributed by atoms with Gasteiger partial charge in [0.25, 0.3) is 0 Å². The molecule has 0 saturated heterocycles. The van der Waals surface area contributed by atoms with Gasteiger partial charge >= 0.3 is 11.7 Å². The SMILES string of the molecule is CCOC(=O)c1cc(OC)c([N+](=O)[O-])cc1CBr. The van der Waals surface area contributed by atoms with E-state index >= 15 is 0 Å². The molecule has 0 spiro atoms. The maximum Gasteiger partial charge on any atom is 0.338 e. The van der Waals surface area contributed by atoms with Crippen LogP contribution in [0.15, 0.2) is 12.1 Å². The summed E-state index contributed by atoms with van der Waals surface area (Å²) in [6.45, 7) is 1.92. The molecule has 6 nitrogen and oxygen atoms in total. The van der Waals surface area contributed by atoms with Crippen molar-refractivity contribution in [2.24, 2.45) is 0 Å². The lowest BCUT2D eigenvalue weighted by Crippen LogP contribution is -2.09. The highest BCUT2D eigenvalue weighted by molar-refractivity contribution is 9.08. The van der Waals surface area contributed by atoms with Gasteiger partial charge in [0.1, 0.15) is 0 Å². The normalized spacial score (nSPS) is 9.94. The summed E-state index contributed by atoms with van der Waals surface area (Å²) < 4.78 is 9.80. The Labute approximate surface area is 112 Å². The molecule has 0 saturated carbocycles. The van der Waals surface area contributed by atoms with Gasteiger partial charge in [-0.1, -0.05) is 15.9 Å². The van der Waals surface area contributed by atoms with Gasteiger partial charge in [-0.2, -0.15) is 0 Å². The Hall–Kier alpha value is -1.63. The van der Waals surface area contributed by atoms with Crippen LogP contribution in [-0.2, 0) is 10.1 Å². The van der Waals surface area contributed by atoms with Crippen LogP contribution in [0.3, 0.4) is 0 Å². The van der Waals surface area contributed by atoms with Crippen LogP contribution >= 0.6 is 15.9 Å². The first-order valence-electron chi connectivity index (χ1n) is 5.13. The third-order valence-corrected chi connectivity index (χ3v) is 2.84. The second-order valence-electron chi connectivity index (χ2n) is 3.29. The minimum atomic E-state index is -0.556. The van der Waals surface area contributed by atoms with Crippen LogP contribution < -0.4 is 4.74 Å². The van der Waals surface area contributed by atoms with E-state index in [1.54, 1.807) is 6.92 Å². The number of hydrogen-bond donors (Lipinski definition) is 0. The van der Waals surface area contributed by atoms with E-state index in [9.17, 15) is 14.9 Å². The number of alkyl halides is 1. The molecule has 0 bridgehead atoms. The number of carbonyl (C=O) groups excluding carboxylic acids is 1. The fourth-order valence-electron chi connectivity index (χ4n) is 1.43. The van der Waals surface area contributed by atoms with Gasteiger partial charge in [0.05, 0.1) is 24.2 Å². The van der Waals surface area contributed by atoms with Gasteiger partial charge in [0, 0.05) is 17.5 Å². The number of nitro groups is 1. The molecule has 1 rings (SSSR count). The summed E-state index contributed by atoms with van der Waals surface area (Å²) in [6, 6.07) is 2.63. The Morgan fingerprint density at radius 1 is 1.50 bits per heavy atom. The quantitative estimate of drug-likeness (QED) is 0.361. The minimum absolute atomic E-state index is 0.0350. The minimum Gasteiger partial charge on any atom is -0.490 e. The third kappa shape index (κ3) is 2.98. The van der Waals surface area contributed by atoms with Crippen molar-refractivity contribution >= 4 is 27.6 Å². The second-order valence-corrected chi connectivity index (χ2v) is 3.85. The molecule has 18 heavy (non-hydrogen) atoms. The lowest BCUT2D eigenvalue weighted by Gasteiger charge is -2.09. The van der Waals surface area contributed by atoms with Crippen LogP contribution in [0.4, 0.5) is 5.69 Å². The Bertz CT molecular complexity index is 475. The zero-order valence-corrected chi connectivity index (χ0v) is 11.5. The van der Waals surface area contributed by atoms with Crippen molar-refractivity contribution in [2.75, 3.05) is 13.7 Å². The van der Waals surface area contributed by atoms with Crippen molar-refractivity contribution in [2.45, 2.75) is 12.3 Å². The smallest absolute Gasteiger partial charge is 0.338 e. The van der Waals surface area contributed by atoms with Gasteiger partial charge in [0.15, 0.2) is 5.75 Å². The van der Waals surface area contributed by atoms with Crippen molar-refractivity contribution in [3.8, 4) is 5.75 Å². The molecule has 7 heteroatoms. The first kappa shape index (κ1) is 14.4. The lowest BCUT2D eigenvalue weighted by atomic mass is 10.1. The highest BCUT2D eigenvalue weighted by Crippen LogP contribution is 2.31. The van der Waals surface area contributed by atoms with Crippen LogP contribution in [0, 0.1) is 10.1 Å². The van der Waals surface area contributed by atoms with Crippen molar-refractivity contribution in [3.63, 3.8) is 0 Å². The van der Waals surface area contributed by atoms with Crippen molar-refractivity contribution < 1.29 is 19.2 Å². The van der Waals surface area contributed by atoms with Crippen LogP contribution in [0.25, 0.3) is 0 Å². The molecular formula is C11H12BrNO5. The predicted molar refractivity (Wildman–Crippen MR) is 68.2 cm³/mol. The Kier molecular flexibility index (Phi) is 5.08. The zero-order valence-electron chi connectivity index (χ0n) is 9.94. The van der Waals surface area contributed by atoms with E-state index in [-0.39, 0.29) is 23.6 Å². The van der Waals surface area contributed by atoms with Crippen molar-refractivity contribution in [3.05, 3.63) is 33.4 Å². The van der Waals surface area contributed by atoms with Crippen LogP contribution in [0.5, 0.6) is 5.75 Å². The lowest BCUT2D eigenvalue weighted by molar-refractivity contribution is -0.385. The third-order valence-electron chi connectivity index (χ3n) is 2.24. The summed E-state index contributed by atoms with van der Waals surface area (Å²) in [7, 11) is 1.31. The number of esters is 1. The molecule has 0 amide bonds. The summed E-state index contributed by atoms with van der Waals surface area (Å²) in [5, 5.41) is 11.2. The number of halogens is 1. The summed E-state index contributed by atoms with van der Waals surface area (Å²) in [5.74, 6) is -0.493. The van der Waals surface area contributed by atoms with Crippen LogP contribution in [0.2, 0.25) is 0 Å². The highest BCUT2D eigenvalue weighted by Gasteiger charge is 2.22. The molecule has 0 fully saturated rings. The molecule has 0 aliphatic heterocycles. The van der Waals surface area contributed by atoms with E-state index in [2.05, 4.69) is 15.9 Å². The molecule has 0 aromatic heterocycles. The predicted octanol–water partition coefficient (Wildman–Crippen LogP) is 2.68. The Balaban J connectivity index is 3.34. The maximum atomic E-state index is 11.7. The topological polar surface area (TPSA) is 78.7 Å². The largest absolute Gasteiger partial charge is 0.490 e. The van der Waals surface area contributed by atoms with E-state index in [0.29, 0.717) is 10.9 Å². The van der Waals surface area contributed by atoms with Gasteiger partial charge < -0.3 is 9.47 Å². The molecule has 0 N–H and O–H groups in total. The number of benzene rings is 1. The molecule has 0 radical (unpaired) electrons. The monoisotopic (exact) mass is 317 g/mol. The number of hydrogen-bond acceptors (Lipinski definition) is 5. The molecule has 1 aromatic rings. The Morgan fingerprint density at radius 3 is 2.61 bits per heavy atom. The van der Waals surface area contributed by atoms with E-state index in [1.165, 1.54) is 19.2 Å². The average molecular weight is 318 g/mol. The average Bonchev–Trinajstić information content (AvgIpc) is 2.37. The fourth-order valence-corrected chi connectivity index (χ4v) is 1.89. The summed E-state index contributed by atoms with van der Waals surface area (Å²) in [5.41, 5.74) is 0.567. The maximum absolute atomic E-state index is 11.7. The number of nitrogens with zero attached hydrogens (tertiary/aromatic N) is 1. The van der Waals surface area contributed by atoms with Gasteiger partial charge in [-0.3, -0.25) is 10.1 Å². The molecule has 0 aliphatic carbocycles. The summed E-state index contributed by atoms with van der Waals surface area (Å²) in [4.78, 5) is 22.0. The molecular weight excluding hydrogens is 306 g/mol. The van der Waals surface area contributed by atoms with E-state index in [1.807, 2.05) is 0 Å². The zero-order chi connectivity index (χ0) is 13.7. The summed E-state index contributed by atoms with van der Waals surface area (Å²) >= 11 is 3.19. The molecule has 1 aromatic carbocycles. The fraction of sp³-hybridized carbons (Fsp3) is 0.364. The van der Waals surface area contributed by atoms with Gasteiger partial charge in [-0.15, -0.1) is 0 Å². The number of carbonyl (C=O) groups is 1. The number of methoxy groups -OCH3 is 1. The van der Waals surface area contributed by atoms with Crippen molar-refractivity contribution in [1.29, 1.82) is 0 Å². The molecule has 98 valence electrons. The first-order chi connectivity index (χ1) is 8.54. The van der Waals surface area contributed by atoms with E-state index < -0.39 is 10.9 Å². The van der Waals surface area contributed by atoms with Gasteiger partial charge in [-0.25, -0.2) is 4.79 Å². The van der Waals surface area contributed by atoms with Crippen molar-refractivity contribution in [1.82, 2.24) is 0 Å². The molecule has 0 aliphatic rings. The standard InChI is InChI=1S/C11H12BrNO5/c1-3-18-11(14)8-5-10(17-2)9(13(15)16)4-7(8)6-12/h4-5H,3,6H2,1-2H3. The molecule has 0 atom stereocenters. The van der Waals surface area contributed by atoms with Gasteiger partial charge in [0.2, 0.25) is 0 Å². The first-order valence-corrected chi connectivity index (χ1v) is 6.25. The number of nitro benzene ring substituents is 1. The van der Waals surface area contributed by atoms with Gasteiger partial charge in [-0.05, 0) is 12.5 Å². The van der Waals surface area contributed by atoms with Crippen LogP contribution in [0.1, 0.15) is 22.8 Å². The summed E-state index contributed by atoms with van der Waals surface area (Å²) in [6.07, 6.45) is 0. The van der Waals surface area contributed by atoms with E-state index in [0.717, 1.165) is 0 Å². The van der Waals surface area contributed by atoms with Crippen LogP contribution in [-0.4, -0.2) is 24.6 Å². The molecule has 0 unspecified atom stereocenters. The second kappa shape index (κ2) is 6.34. The Morgan fingerprint density at radius 2 is 2.17 bits per heavy atom. The van der Waals surface area contributed by atoms with E-state index in [4.69, 9.17) is 9.47 Å². The molecule has 0 heterocycles. The number of rotatable bonds is 5.